The molecule has 1 heterocycles. The Balaban J connectivity index is 1.84. The second-order valence-corrected chi connectivity index (χ2v) is 7.73. The van der Waals surface area contributed by atoms with Gasteiger partial charge in [-0.2, -0.15) is 0 Å². The third-order valence-electron chi connectivity index (χ3n) is 4.50. The quantitative estimate of drug-likeness (QED) is 0.839. The number of hydrogen-bond acceptors (Lipinski definition) is 3. The molecule has 0 aromatic heterocycles. The van der Waals surface area contributed by atoms with Gasteiger partial charge in [-0.25, -0.2) is 0 Å². The molecule has 128 valence electrons. The lowest BCUT2D eigenvalue weighted by Gasteiger charge is -2.38. The number of carbonyl (C=O) groups is 1. The maximum absolute atomic E-state index is 11.2. The van der Waals surface area contributed by atoms with Gasteiger partial charge in [-0.1, -0.05) is 44.2 Å². The predicted octanol–water partition coefficient (Wildman–Crippen LogP) is 2.94. The van der Waals surface area contributed by atoms with Crippen molar-refractivity contribution >= 4 is 5.97 Å². The Bertz CT molecular complexity index is 501. The lowest BCUT2D eigenvalue weighted by molar-refractivity contribution is -0.143. The molecule has 1 saturated heterocycles. The Labute approximate surface area is 140 Å². The van der Waals surface area contributed by atoms with Gasteiger partial charge in [0, 0.05) is 26.2 Å². The Hall–Kier alpha value is -1.39. The van der Waals surface area contributed by atoms with E-state index in [1.807, 2.05) is 6.07 Å². The molecule has 1 atom stereocenters. The van der Waals surface area contributed by atoms with Gasteiger partial charge in [-0.05, 0) is 37.4 Å². The molecule has 1 aromatic carbocycles. The average molecular weight is 318 g/mol. The molecular formula is C19H30N2O2. The summed E-state index contributed by atoms with van der Waals surface area (Å²) in [5, 5.41) is 9.23. The topological polar surface area (TPSA) is 43.8 Å². The normalized spacial score (nSPS) is 19.9. The highest BCUT2D eigenvalue weighted by Crippen LogP contribution is 2.24. The number of aliphatic carboxylic acids is 1. The van der Waals surface area contributed by atoms with E-state index in [2.05, 4.69) is 55.0 Å². The van der Waals surface area contributed by atoms with E-state index in [9.17, 15) is 9.90 Å². The number of rotatable bonds is 7. The summed E-state index contributed by atoms with van der Waals surface area (Å²) in [5.41, 5.74) is 1.47. The molecule has 4 nitrogen and oxygen atoms in total. The van der Waals surface area contributed by atoms with Crippen molar-refractivity contribution in [1.29, 1.82) is 0 Å². The molecule has 4 heteroatoms. The minimum atomic E-state index is -0.645. The van der Waals surface area contributed by atoms with Crippen LogP contribution in [0.2, 0.25) is 0 Å². The SMILES string of the molecule is CN(Cc1ccccc1)CC(C)(C)CN1CCCC(C(=O)O)C1. The van der Waals surface area contributed by atoms with Gasteiger partial charge in [-0.3, -0.25) is 4.79 Å². The first-order valence-electron chi connectivity index (χ1n) is 8.53. The first-order valence-corrected chi connectivity index (χ1v) is 8.53. The van der Waals surface area contributed by atoms with Crippen LogP contribution in [0.4, 0.5) is 0 Å². The minimum Gasteiger partial charge on any atom is -0.481 e. The molecule has 1 aliphatic rings. The monoisotopic (exact) mass is 318 g/mol. The van der Waals surface area contributed by atoms with Crippen molar-refractivity contribution in [2.45, 2.75) is 33.2 Å². The van der Waals surface area contributed by atoms with Crippen molar-refractivity contribution in [3.05, 3.63) is 35.9 Å². The molecular weight excluding hydrogens is 288 g/mol. The third kappa shape index (κ3) is 5.96. The van der Waals surface area contributed by atoms with E-state index in [0.717, 1.165) is 39.0 Å². The highest BCUT2D eigenvalue weighted by atomic mass is 16.4. The largest absolute Gasteiger partial charge is 0.481 e. The van der Waals surface area contributed by atoms with Crippen molar-refractivity contribution in [3.63, 3.8) is 0 Å². The Kier molecular flexibility index (Phi) is 6.19. The van der Waals surface area contributed by atoms with E-state index in [4.69, 9.17) is 0 Å². The van der Waals surface area contributed by atoms with Gasteiger partial charge >= 0.3 is 5.97 Å². The highest BCUT2D eigenvalue weighted by Gasteiger charge is 2.29. The van der Waals surface area contributed by atoms with Gasteiger partial charge in [0.25, 0.3) is 0 Å². The molecule has 0 saturated carbocycles. The summed E-state index contributed by atoms with van der Waals surface area (Å²) in [6.07, 6.45) is 1.81. The first-order chi connectivity index (χ1) is 10.9. The summed E-state index contributed by atoms with van der Waals surface area (Å²) >= 11 is 0. The van der Waals surface area contributed by atoms with E-state index in [0.29, 0.717) is 6.54 Å². The van der Waals surface area contributed by atoms with E-state index in [-0.39, 0.29) is 11.3 Å². The molecule has 1 unspecified atom stereocenters. The summed E-state index contributed by atoms with van der Waals surface area (Å²) in [6.45, 7) is 9.17. The molecule has 0 spiro atoms. The molecule has 1 aromatic rings. The molecule has 1 N–H and O–H groups in total. The highest BCUT2D eigenvalue weighted by molar-refractivity contribution is 5.70. The molecule has 0 aliphatic carbocycles. The van der Waals surface area contributed by atoms with Crippen LogP contribution in [0.5, 0.6) is 0 Å². The van der Waals surface area contributed by atoms with Crippen LogP contribution >= 0.6 is 0 Å². The lowest BCUT2D eigenvalue weighted by Crippen LogP contribution is -2.46. The second-order valence-electron chi connectivity index (χ2n) is 7.73. The summed E-state index contributed by atoms with van der Waals surface area (Å²) in [5.74, 6) is -0.838. The second kappa shape index (κ2) is 7.93. The van der Waals surface area contributed by atoms with E-state index in [1.165, 1.54) is 5.56 Å². The van der Waals surface area contributed by atoms with Crippen LogP contribution in [0.3, 0.4) is 0 Å². The fraction of sp³-hybridized carbons (Fsp3) is 0.632. The van der Waals surface area contributed by atoms with Crippen molar-refractivity contribution < 1.29 is 9.90 Å². The maximum Gasteiger partial charge on any atom is 0.307 e. The first kappa shape index (κ1) is 18.0. The zero-order valence-electron chi connectivity index (χ0n) is 14.7. The number of nitrogens with zero attached hydrogens (tertiary/aromatic N) is 2. The van der Waals surface area contributed by atoms with E-state index < -0.39 is 5.97 Å². The fourth-order valence-corrected chi connectivity index (χ4v) is 3.74. The number of likely N-dealkylation sites (tertiary alicyclic amines) is 1. The standard InChI is InChI=1S/C19H30N2O2/c1-19(2,14-20(3)12-16-8-5-4-6-9-16)15-21-11-7-10-17(13-21)18(22)23/h4-6,8-9,17H,7,10-15H2,1-3H3,(H,22,23). The number of carboxylic acid groups (broad SMARTS) is 1. The molecule has 0 amide bonds. The van der Waals surface area contributed by atoms with Gasteiger partial charge in [0.1, 0.15) is 0 Å². The summed E-state index contributed by atoms with van der Waals surface area (Å²) in [4.78, 5) is 15.9. The van der Waals surface area contributed by atoms with Crippen LogP contribution in [0.15, 0.2) is 30.3 Å². The number of piperidine rings is 1. The Morgan fingerprint density at radius 2 is 2.04 bits per heavy atom. The van der Waals surface area contributed by atoms with Crippen LogP contribution in [-0.4, -0.2) is 54.1 Å². The van der Waals surface area contributed by atoms with Crippen LogP contribution in [0.1, 0.15) is 32.3 Å². The summed E-state index contributed by atoms with van der Waals surface area (Å²) < 4.78 is 0. The lowest BCUT2D eigenvalue weighted by atomic mass is 9.89. The van der Waals surface area contributed by atoms with Gasteiger partial charge in [0.2, 0.25) is 0 Å². The average Bonchev–Trinajstić information content (AvgIpc) is 2.47. The van der Waals surface area contributed by atoms with Crippen LogP contribution in [-0.2, 0) is 11.3 Å². The third-order valence-corrected chi connectivity index (χ3v) is 4.50. The molecule has 23 heavy (non-hydrogen) atoms. The number of hydrogen-bond donors (Lipinski definition) is 1. The zero-order chi connectivity index (χ0) is 16.9. The van der Waals surface area contributed by atoms with Crippen LogP contribution < -0.4 is 0 Å². The van der Waals surface area contributed by atoms with Gasteiger partial charge in [0.15, 0.2) is 0 Å². The number of benzene rings is 1. The van der Waals surface area contributed by atoms with Crippen molar-refractivity contribution in [2.24, 2.45) is 11.3 Å². The van der Waals surface area contributed by atoms with E-state index in [1.54, 1.807) is 0 Å². The van der Waals surface area contributed by atoms with Crippen molar-refractivity contribution in [3.8, 4) is 0 Å². The van der Waals surface area contributed by atoms with Gasteiger partial charge in [0.05, 0.1) is 5.92 Å². The molecule has 1 aliphatic heterocycles. The van der Waals surface area contributed by atoms with E-state index >= 15 is 0 Å². The van der Waals surface area contributed by atoms with Crippen LogP contribution in [0.25, 0.3) is 0 Å². The van der Waals surface area contributed by atoms with Crippen molar-refractivity contribution in [1.82, 2.24) is 9.80 Å². The molecule has 0 radical (unpaired) electrons. The Morgan fingerprint density at radius 1 is 1.35 bits per heavy atom. The maximum atomic E-state index is 11.2. The molecule has 0 bridgehead atoms. The molecule has 2 rings (SSSR count). The fourth-order valence-electron chi connectivity index (χ4n) is 3.74. The summed E-state index contributed by atoms with van der Waals surface area (Å²) in [7, 11) is 2.16. The smallest absolute Gasteiger partial charge is 0.307 e. The Morgan fingerprint density at radius 3 is 2.70 bits per heavy atom. The predicted molar refractivity (Wildman–Crippen MR) is 93.4 cm³/mol. The summed E-state index contributed by atoms with van der Waals surface area (Å²) in [6, 6.07) is 10.5. The van der Waals surface area contributed by atoms with Gasteiger partial charge < -0.3 is 14.9 Å². The molecule has 1 fully saturated rings. The minimum absolute atomic E-state index is 0.143. The van der Waals surface area contributed by atoms with Crippen LogP contribution in [0, 0.1) is 11.3 Å². The number of carboxylic acids is 1. The zero-order valence-corrected chi connectivity index (χ0v) is 14.7. The van der Waals surface area contributed by atoms with Crippen molar-refractivity contribution in [2.75, 3.05) is 33.2 Å². The van der Waals surface area contributed by atoms with Gasteiger partial charge in [-0.15, -0.1) is 0 Å².